The second-order valence-corrected chi connectivity index (χ2v) is 8.36. The molecule has 1 aromatic heterocycles. The van der Waals surface area contributed by atoms with Crippen molar-refractivity contribution in [2.75, 3.05) is 5.32 Å². The second-order valence-electron chi connectivity index (χ2n) is 8.36. The number of para-hydroxylation sites is 1. The van der Waals surface area contributed by atoms with Gasteiger partial charge in [-0.05, 0) is 73.5 Å². The zero-order chi connectivity index (χ0) is 21.1. The predicted octanol–water partition coefficient (Wildman–Crippen LogP) is 5.51. The number of aromatic amines is 1. The van der Waals surface area contributed by atoms with Crippen LogP contribution in [0.25, 0.3) is 10.9 Å². The Morgan fingerprint density at radius 2 is 1.73 bits per heavy atom. The van der Waals surface area contributed by atoms with Crippen LogP contribution in [0.2, 0.25) is 0 Å². The van der Waals surface area contributed by atoms with Crippen LogP contribution in [0.4, 0.5) is 10.5 Å². The smallest absolute Gasteiger partial charge is 0.322 e. The third-order valence-corrected chi connectivity index (χ3v) is 6.18. The molecule has 0 radical (unpaired) electrons. The molecule has 1 aliphatic carbocycles. The van der Waals surface area contributed by atoms with E-state index in [2.05, 4.69) is 23.3 Å². The van der Waals surface area contributed by atoms with E-state index in [1.165, 1.54) is 12.0 Å². The molecule has 0 atom stereocenters. The summed E-state index contributed by atoms with van der Waals surface area (Å²) in [6.45, 7) is 4.42. The third-order valence-electron chi connectivity index (χ3n) is 6.18. The number of aromatic nitrogens is 1. The molecule has 1 aliphatic rings. The van der Waals surface area contributed by atoms with Gasteiger partial charge in [0.05, 0.1) is 6.54 Å². The van der Waals surface area contributed by atoms with Crippen LogP contribution in [0.15, 0.2) is 53.3 Å². The van der Waals surface area contributed by atoms with Gasteiger partial charge in [-0.15, -0.1) is 0 Å². The van der Waals surface area contributed by atoms with Crippen LogP contribution in [-0.4, -0.2) is 22.0 Å². The van der Waals surface area contributed by atoms with Gasteiger partial charge in [-0.25, -0.2) is 4.79 Å². The maximum Gasteiger partial charge on any atom is 0.322 e. The Morgan fingerprint density at radius 3 is 2.47 bits per heavy atom. The highest BCUT2D eigenvalue weighted by Crippen LogP contribution is 2.25. The molecule has 156 valence electrons. The summed E-state index contributed by atoms with van der Waals surface area (Å²) in [6.07, 6.45) is 5.40. The number of hydrogen-bond acceptors (Lipinski definition) is 2. The first-order chi connectivity index (χ1) is 14.5. The number of hydrogen-bond donors (Lipinski definition) is 2. The molecule has 1 fully saturated rings. The Hall–Kier alpha value is -3.08. The van der Waals surface area contributed by atoms with Gasteiger partial charge in [0.2, 0.25) is 0 Å². The summed E-state index contributed by atoms with van der Waals surface area (Å²) in [5, 5.41) is 4.01. The van der Waals surface area contributed by atoms with E-state index in [4.69, 9.17) is 0 Å². The molecule has 5 nitrogen and oxygen atoms in total. The minimum atomic E-state index is -0.146. The van der Waals surface area contributed by atoms with Gasteiger partial charge in [0.25, 0.3) is 5.56 Å². The zero-order valence-corrected chi connectivity index (χ0v) is 17.7. The number of fused-ring (bicyclic) bond motifs is 1. The molecular weight excluding hydrogens is 374 g/mol. The van der Waals surface area contributed by atoms with Crippen LogP contribution in [0.3, 0.4) is 0 Å². The number of urea groups is 1. The summed E-state index contributed by atoms with van der Waals surface area (Å²) < 4.78 is 0. The number of carbonyl (C=O) groups is 1. The van der Waals surface area contributed by atoms with Gasteiger partial charge < -0.3 is 15.2 Å². The first-order valence-corrected chi connectivity index (χ1v) is 10.8. The number of amides is 2. The second kappa shape index (κ2) is 8.74. The van der Waals surface area contributed by atoms with Gasteiger partial charge in [0.15, 0.2) is 0 Å². The molecule has 0 aliphatic heterocycles. The molecular formula is C25H29N3O2. The van der Waals surface area contributed by atoms with Crippen molar-refractivity contribution in [1.82, 2.24) is 9.88 Å². The number of carbonyl (C=O) groups excluding carboxylic acids is 1. The lowest BCUT2D eigenvalue weighted by atomic mass is 9.94. The first kappa shape index (κ1) is 20.2. The van der Waals surface area contributed by atoms with Gasteiger partial charge >= 0.3 is 6.03 Å². The number of H-pyrrole nitrogens is 1. The van der Waals surface area contributed by atoms with E-state index in [-0.39, 0.29) is 17.6 Å². The van der Waals surface area contributed by atoms with Crippen LogP contribution < -0.4 is 10.9 Å². The fraction of sp³-hybridized carbons (Fsp3) is 0.360. The lowest BCUT2D eigenvalue weighted by Crippen LogP contribution is -2.44. The Kier molecular flexibility index (Phi) is 5.88. The summed E-state index contributed by atoms with van der Waals surface area (Å²) >= 11 is 0. The van der Waals surface area contributed by atoms with Gasteiger partial charge in [0.1, 0.15) is 0 Å². The SMILES string of the molecule is Cc1cc2cc(CN(C(=O)Nc3ccccc3)C3CCCCC3)c(=O)[nH]c2cc1C. The highest BCUT2D eigenvalue weighted by atomic mass is 16.2. The number of nitrogens with zero attached hydrogens (tertiary/aromatic N) is 1. The van der Waals surface area contributed by atoms with Gasteiger partial charge in [0, 0.05) is 22.8 Å². The molecule has 0 bridgehead atoms. The molecule has 1 heterocycles. The summed E-state index contributed by atoms with van der Waals surface area (Å²) in [5.41, 5.74) is 4.44. The van der Waals surface area contributed by atoms with Crippen molar-refractivity contribution >= 4 is 22.6 Å². The quantitative estimate of drug-likeness (QED) is 0.603. The normalized spacial score (nSPS) is 14.6. The largest absolute Gasteiger partial charge is 0.322 e. The molecule has 4 rings (SSSR count). The Morgan fingerprint density at radius 1 is 1.03 bits per heavy atom. The van der Waals surface area contributed by atoms with E-state index in [0.29, 0.717) is 12.1 Å². The molecule has 30 heavy (non-hydrogen) atoms. The molecule has 3 aromatic rings. The molecule has 0 saturated heterocycles. The van der Waals surface area contributed by atoms with Crippen molar-refractivity contribution in [3.8, 4) is 0 Å². The van der Waals surface area contributed by atoms with E-state index in [1.807, 2.05) is 54.3 Å². The van der Waals surface area contributed by atoms with Crippen LogP contribution in [-0.2, 0) is 6.54 Å². The number of aryl methyl sites for hydroxylation is 2. The van der Waals surface area contributed by atoms with Gasteiger partial charge in [-0.1, -0.05) is 37.5 Å². The van der Waals surface area contributed by atoms with E-state index >= 15 is 0 Å². The van der Waals surface area contributed by atoms with E-state index in [1.54, 1.807) is 0 Å². The van der Waals surface area contributed by atoms with Crippen LogP contribution in [0.1, 0.15) is 48.8 Å². The Labute approximate surface area is 177 Å². The van der Waals surface area contributed by atoms with E-state index in [0.717, 1.165) is 47.8 Å². The highest BCUT2D eigenvalue weighted by Gasteiger charge is 2.26. The molecule has 2 aromatic carbocycles. The van der Waals surface area contributed by atoms with Gasteiger partial charge in [-0.3, -0.25) is 4.79 Å². The summed E-state index contributed by atoms with van der Waals surface area (Å²) in [4.78, 5) is 30.9. The maximum absolute atomic E-state index is 13.2. The molecule has 2 N–H and O–H groups in total. The molecule has 2 amide bonds. The monoisotopic (exact) mass is 403 g/mol. The molecule has 1 saturated carbocycles. The molecule has 0 unspecified atom stereocenters. The summed E-state index contributed by atoms with van der Waals surface area (Å²) in [6, 6.07) is 15.5. The Balaban J connectivity index is 1.65. The predicted molar refractivity (Wildman–Crippen MR) is 122 cm³/mol. The maximum atomic E-state index is 13.2. The standard InChI is InChI=1S/C25H29N3O2/c1-17-13-19-15-20(24(29)27-23(19)14-18(17)2)16-28(22-11-7-4-8-12-22)25(30)26-21-9-5-3-6-10-21/h3,5-6,9-10,13-15,22H,4,7-8,11-12,16H2,1-2H3,(H,26,30)(H,27,29). The molecule has 5 heteroatoms. The number of pyridine rings is 1. The first-order valence-electron chi connectivity index (χ1n) is 10.8. The average Bonchev–Trinajstić information content (AvgIpc) is 2.75. The molecule has 0 spiro atoms. The van der Waals surface area contributed by atoms with Crippen molar-refractivity contribution in [2.45, 2.75) is 58.5 Å². The number of benzene rings is 2. The minimum Gasteiger partial charge on any atom is -0.322 e. The van der Waals surface area contributed by atoms with Gasteiger partial charge in [-0.2, -0.15) is 0 Å². The van der Waals surface area contributed by atoms with Crippen molar-refractivity contribution in [1.29, 1.82) is 0 Å². The Bertz CT molecular complexity index is 1100. The van der Waals surface area contributed by atoms with E-state index < -0.39 is 0 Å². The third kappa shape index (κ3) is 4.40. The van der Waals surface area contributed by atoms with Crippen LogP contribution >= 0.6 is 0 Å². The fourth-order valence-corrected chi connectivity index (χ4v) is 4.30. The van der Waals surface area contributed by atoms with Crippen molar-refractivity contribution in [3.05, 3.63) is 75.6 Å². The van der Waals surface area contributed by atoms with E-state index in [9.17, 15) is 9.59 Å². The number of nitrogens with one attached hydrogen (secondary N) is 2. The zero-order valence-electron chi connectivity index (χ0n) is 17.7. The highest BCUT2D eigenvalue weighted by molar-refractivity contribution is 5.89. The minimum absolute atomic E-state index is 0.126. The average molecular weight is 404 g/mol. The summed E-state index contributed by atoms with van der Waals surface area (Å²) in [7, 11) is 0. The van der Waals surface area contributed by atoms with Crippen LogP contribution in [0.5, 0.6) is 0 Å². The lowest BCUT2D eigenvalue weighted by molar-refractivity contribution is 0.162. The van der Waals surface area contributed by atoms with Crippen molar-refractivity contribution in [3.63, 3.8) is 0 Å². The van der Waals surface area contributed by atoms with Crippen LogP contribution in [0, 0.1) is 13.8 Å². The fourth-order valence-electron chi connectivity index (χ4n) is 4.30. The van der Waals surface area contributed by atoms with Crippen molar-refractivity contribution < 1.29 is 4.79 Å². The number of anilines is 1. The van der Waals surface area contributed by atoms with Crippen molar-refractivity contribution in [2.24, 2.45) is 0 Å². The summed E-state index contributed by atoms with van der Waals surface area (Å²) in [5.74, 6) is 0. The topological polar surface area (TPSA) is 65.2 Å². The lowest BCUT2D eigenvalue weighted by Gasteiger charge is -2.34. The number of rotatable bonds is 4.